The van der Waals surface area contributed by atoms with Crippen LogP contribution in [-0.4, -0.2) is 27.7 Å². The summed E-state index contributed by atoms with van der Waals surface area (Å²) in [5, 5.41) is 0. The fourth-order valence-electron chi connectivity index (χ4n) is 1.93. The van der Waals surface area contributed by atoms with E-state index in [1.54, 1.807) is 6.26 Å². The molecule has 1 heterocycles. The Morgan fingerprint density at radius 3 is 2.75 bits per heavy atom. The predicted molar refractivity (Wildman–Crippen MR) is 53.2 cm³/mol. The maximum Gasteiger partial charge on any atom is 0.115 e. The molecule has 0 aliphatic carbocycles. The monoisotopic (exact) mass is 189 g/mol. The molecule has 1 unspecified atom stereocenters. The molecular weight excluding hydrogens is 170 g/mol. The van der Waals surface area contributed by atoms with E-state index in [1.165, 1.54) is 19.3 Å². The van der Waals surface area contributed by atoms with Crippen LogP contribution in [0, 0.1) is 5.92 Å². The smallest absolute Gasteiger partial charge is 0.115 e. The van der Waals surface area contributed by atoms with Gasteiger partial charge in [0.15, 0.2) is 0 Å². The average Bonchev–Trinajstić information content (AvgIpc) is 2.33. The van der Waals surface area contributed by atoms with Gasteiger partial charge in [0.05, 0.1) is 6.04 Å². The topological polar surface area (TPSA) is 26.3 Å². The van der Waals surface area contributed by atoms with Crippen LogP contribution in [0.1, 0.15) is 33.1 Å². The van der Waals surface area contributed by atoms with Gasteiger partial charge in [-0.15, -0.1) is 4.31 Å². The highest BCUT2D eigenvalue weighted by atomic mass is 32.2. The Labute approximate surface area is 78.6 Å². The summed E-state index contributed by atoms with van der Waals surface area (Å²) in [6.07, 6.45) is 5.44. The van der Waals surface area contributed by atoms with Crippen LogP contribution in [0.2, 0.25) is 0 Å². The largest absolute Gasteiger partial charge is 0.598 e. The van der Waals surface area contributed by atoms with Crippen LogP contribution in [0.15, 0.2) is 0 Å². The van der Waals surface area contributed by atoms with Crippen molar-refractivity contribution in [2.45, 2.75) is 39.2 Å². The minimum atomic E-state index is -0.754. The van der Waals surface area contributed by atoms with E-state index in [1.807, 2.05) is 0 Å². The first-order chi connectivity index (χ1) is 5.61. The highest BCUT2D eigenvalue weighted by Crippen LogP contribution is 2.25. The second-order valence-electron chi connectivity index (χ2n) is 3.99. The lowest BCUT2D eigenvalue weighted by atomic mass is 10.0. The summed E-state index contributed by atoms with van der Waals surface area (Å²) in [6, 6.07) is 0.579. The summed E-state index contributed by atoms with van der Waals surface area (Å²) < 4.78 is 13.4. The maximum absolute atomic E-state index is 11.3. The molecule has 0 aromatic rings. The fraction of sp³-hybridized carbons (Fsp3) is 1.00. The Morgan fingerprint density at radius 1 is 1.58 bits per heavy atom. The minimum absolute atomic E-state index is 0.579. The highest BCUT2D eigenvalue weighted by molar-refractivity contribution is 7.88. The third-order valence-corrected chi connectivity index (χ3v) is 3.54. The highest BCUT2D eigenvalue weighted by Gasteiger charge is 2.31. The number of nitrogens with zero attached hydrogens (tertiary/aromatic N) is 1. The second-order valence-corrected chi connectivity index (χ2v) is 5.31. The van der Waals surface area contributed by atoms with Crippen LogP contribution in [0.3, 0.4) is 0 Å². The normalized spacial score (nSPS) is 28.2. The summed E-state index contributed by atoms with van der Waals surface area (Å²) in [5.41, 5.74) is 0. The van der Waals surface area contributed by atoms with Gasteiger partial charge in [0, 0.05) is 17.9 Å². The molecule has 1 fully saturated rings. The molecule has 1 rings (SSSR count). The molecule has 2 atom stereocenters. The van der Waals surface area contributed by atoms with Gasteiger partial charge in [-0.25, -0.2) is 0 Å². The first kappa shape index (κ1) is 10.4. The first-order valence-electron chi connectivity index (χ1n) is 4.71. The zero-order valence-corrected chi connectivity index (χ0v) is 9.06. The molecule has 0 aromatic carbocycles. The zero-order valence-electron chi connectivity index (χ0n) is 8.25. The van der Waals surface area contributed by atoms with Gasteiger partial charge in [-0.2, -0.15) is 0 Å². The molecule has 3 heteroatoms. The molecule has 1 aliphatic heterocycles. The Morgan fingerprint density at radius 2 is 2.25 bits per heavy atom. The van der Waals surface area contributed by atoms with E-state index in [-0.39, 0.29) is 0 Å². The molecule has 0 amide bonds. The van der Waals surface area contributed by atoms with Crippen molar-refractivity contribution in [3.05, 3.63) is 0 Å². The lowest BCUT2D eigenvalue weighted by Gasteiger charge is -2.24. The van der Waals surface area contributed by atoms with Crippen molar-refractivity contribution in [2.75, 3.05) is 12.8 Å². The van der Waals surface area contributed by atoms with Crippen molar-refractivity contribution < 1.29 is 4.55 Å². The predicted octanol–water partition coefficient (Wildman–Crippen LogP) is 1.79. The molecular formula is C9H19NOS. The van der Waals surface area contributed by atoms with Gasteiger partial charge in [-0.3, -0.25) is 0 Å². The minimum Gasteiger partial charge on any atom is -0.598 e. The summed E-state index contributed by atoms with van der Waals surface area (Å²) in [5.74, 6) is 0.721. The molecule has 0 radical (unpaired) electrons. The molecule has 0 bridgehead atoms. The lowest BCUT2D eigenvalue weighted by Crippen LogP contribution is -2.35. The number of rotatable bonds is 3. The van der Waals surface area contributed by atoms with Crippen LogP contribution in [0.25, 0.3) is 0 Å². The van der Waals surface area contributed by atoms with Gasteiger partial charge in [0.2, 0.25) is 0 Å². The van der Waals surface area contributed by atoms with Crippen LogP contribution >= 0.6 is 0 Å². The van der Waals surface area contributed by atoms with E-state index in [0.717, 1.165) is 12.5 Å². The Bertz CT molecular complexity index is 138. The van der Waals surface area contributed by atoms with Crippen LogP contribution in [0.4, 0.5) is 0 Å². The van der Waals surface area contributed by atoms with Crippen LogP contribution < -0.4 is 0 Å². The zero-order chi connectivity index (χ0) is 9.14. The van der Waals surface area contributed by atoms with Gasteiger partial charge in [0.25, 0.3) is 0 Å². The van der Waals surface area contributed by atoms with Crippen molar-refractivity contribution in [2.24, 2.45) is 5.92 Å². The molecule has 0 spiro atoms. The Hall–Kier alpha value is 0.270. The van der Waals surface area contributed by atoms with Gasteiger partial charge in [-0.1, -0.05) is 13.8 Å². The van der Waals surface area contributed by atoms with Gasteiger partial charge >= 0.3 is 0 Å². The van der Waals surface area contributed by atoms with Crippen molar-refractivity contribution >= 4 is 11.4 Å². The standard InChI is InChI=1S/C9H19NOS/c1-8(2)7-9-5-4-6-10(9)12(3)11/h8-9H,4-7H2,1-3H3/t9-,12?/m0/s1. The SMILES string of the molecule is CC(C)C[C@@H]1CCCN1[S+](C)[O-]. The third kappa shape index (κ3) is 2.64. The fourth-order valence-corrected chi connectivity index (χ4v) is 2.92. The Balaban J connectivity index is 2.41. The molecule has 0 saturated carbocycles. The van der Waals surface area contributed by atoms with Crippen LogP contribution in [0.5, 0.6) is 0 Å². The van der Waals surface area contributed by atoms with E-state index >= 15 is 0 Å². The summed E-state index contributed by atoms with van der Waals surface area (Å²) in [4.78, 5) is 0. The number of hydrogen-bond donors (Lipinski definition) is 0. The summed E-state index contributed by atoms with van der Waals surface area (Å²) >= 11 is -0.754. The van der Waals surface area contributed by atoms with Crippen molar-refractivity contribution in [1.29, 1.82) is 0 Å². The van der Waals surface area contributed by atoms with E-state index in [4.69, 9.17) is 0 Å². The molecule has 2 nitrogen and oxygen atoms in total. The van der Waals surface area contributed by atoms with Crippen molar-refractivity contribution in [1.82, 2.24) is 4.31 Å². The van der Waals surface area contributed by atoms with E-state index in [9.17, 15) is 4.55 Å². The van der Waals surface area contributed by atoms with Crippen molar-refractivity contribution in [3.63, 3.8) is 0 Å². The van der Waals surface area contributed by atoms with E-state index in [0.29, 0.717) is 6.04 Å². The quantitative estimate of drug-likeness (QED) is 0.633. The van der Waals surface area contributed by atoms with Gasteiger partial charge < -0.3 is 4.55 Å². The molecule has 0 N–H and O–H groups in total. The molecule has 12 heavy (non-hydrogen) atoms. The first-order valence-corrected chi connectivity index (χ1v) is 6.23. The van der Waals surface area contributed by atoms with E-state index < -0.39 is 11.4 Å². The van der Waals surface area contributed by atoms with Gasteiger partial charge in [-0.05, 0) is 25.2 Å². The average molecular weight is 189 g/mol. The summed E-state index contributed by atoms with van der Waals surface area (Å²) in [6.45, 7) is 5.49. The number of hydrogen-bond acceptors (Lipinski definition) is 2. The Kier molecular flexibility index (Phi) is 3.87. The summed E-state index contributed by atoms with van der Waals surface area (Å²) in [7, 11) is 0. The van der Waals surface area contributed by atoms with Crippen LogP contribution in [-0.2, 0) is 11.4 Å². The maximum atomic E-state index is 11.3. The van der Waals surface area contributed by atoms with Gasteiger partial charge in [0.1, 0.15) is 6.26 Å². The lowest BCUT2D eigenvalue weighted by molar-refractivity contribution is 0.339. The molecule has 0 aromatic heterocycles. The molecule has 1 aliphatic rings. The van der Waals surface area contributed by atoms with E-state index in [2.05, 4.69) is 18.2 Å². The molecule has 1 saturated heterocycles. The molecule has 72 valence electrons. The second kappa shape index (κ2) is 4.49. The van der Waals surface area contributed by atoms with Crippen molar-refractivity contribution in [3.8, 4) is 0 Å². The third-order valence-electron chi connectivity index (χ3n) is 2.40.